The molecule has 2 fully saturated rings. The maximum atomic E-state index is 6.25. The first-order chi connectivity index (χ1) is 15.5. The number of nitrogens with zero attached hydrogens (tertiary/aromatic N) is 5. The predicted molar refractivity (Wildman–Crippen MR) is 122 cm³/mol. The number of hydrogen-bond acceptors (Lipinski definition) is 8. The summed E-state index contributed by atoms with van der Waals surface area (Å²) in [5, 5.41) is 12.8. The Morgan fingerprint density at radius 3 is 2.62 bits per heavy atom. The van der Waals surface area contributed by atoms with Gasteiger partial charge in [-0.05, 0) is 43.9 Å². The molecule has 170 valence electrons. The molecule has 3 aromatic rings. The van der Waals surface area contributed by atoms with Crippen LogP contribution in [0.3, 0.4) is 0 Å². The number of rotatable bonds is 5. The van der Waals surface area contributed by atoms with Gasteiger partial charge in [-0.15, -0.1) is 10.2 Å². The standard InChI is InChI=1S/C22H28ClN7O2/c1-14-10-19(32-28-14)20-12-30(18(13-31-20)11-15-2-4-16(23)5-3-15)17-6-8-29(9-7-17)22-25-21(24)26-27-22/h2-5,10,17-18,20H,6-9,11-13H2,1H3,(H3,24,25,26,27). The molecule has 32 heavy (non-hydrogen) atoms. The van der Waals surface area contributed by atoms with E-state index in [9.17, 15) is 0 Å². The van der Waals surface area contributed by atoms with Crippen molar-refractivity contribution in [2.24, 2.45) is 0 Å². The van der Waals surface area contributed by atoms with E-state index in [1.165, 1.54) is 5.56 Å². The number of anilines is 2. The van der Waals surface area contributed by atoms with Gasteiger partial charge in [-0.2, -0.15) is 0 Å². The van der Waals surface area contributed by atoms with E-state index in [0.29, 0.717) is 18.6 Å². The first-order valence-electron chi connectivity index (χ1n) is 11.0. The van der Waals surface area contributed by atoms with Crippen LogP contribution in [0.2, 0.25) is 5.02 Å². The summed E-state index contributed by atoms with van der Waals surface area (Å²) in [4.78, 5) is 7.85. The molecule has 0 saturated carbocycles. The zero-order valence-electron chi connectivity index (χ0n) is 18.1. The zero-order valence-corrected chi connectivity index (χ0v) is 18.8. The number of nitrogen functional groups attached to an aromatic ring is 1. The number of nitrogens with one attached hydrogen (secondary N) is 1. The minimum Gasteiger partial charge on any atom is -0.368 e. The molecule has 2 saturated heterocycles. The van der Waals surface area contributed by atoms with Crippen molar-refractivity contribution in [3.8, 4) is 0 Å². The molecule has 2 aliphatic heterocycles. The summed E-state index contributed by atoms with van der Waals surface area (Å²) < 4.78 is 11.8. The van der Waals surface area contributed by atoms with Crippen LogP contribution in [0.1, 0.15) is 36.0 Å². The largest absolute Gasteiger partial charge is 0.368 e. The molecule has 2 atom stereocenters. The number of piperidine rings is 1. The fraction of sp³-hybridized carbons (Fsp3) is 0.500. The molecule has 5 rings (SSSR count). The molecular weight excluding hydrogens is 430 g/mol. The number of nitrogens with two attached hydrogens (primary N) is 1. The molecule has 1 aromatic carbocycles. The Labute approximate surface area is 191 Å². The maximum absolute atomic E-state index is 6.25. The lowest BCUT2D eigenvalue weighted by Crippen LogP contribution is -2.55. The number of aromatic nitrogens is 4. The van der Waals surface area contributed by atoms with Crippen LogP contribution in [-0.4, -0.2) is 63.6 Å². The van der Waals surface area contributed by atoms with Gasteiger partial charge in [0.2, 0.25) is 11.9 Å². The van der Waals surface area contributed by atoms with Crippen LogP contribution >= 0.6 is 11.6 Å². The fourth-order valence-corrected chi connectivity index (χ4v) is 4.88. The van der Waals surface area contributed by atoms with E-state index in [2.05, 4.69) is 42.3 Å². The Kier molecular flexibility index (Phi) is 6.03. The van der Waals surface area contributed by atoms with Crippen LogP contribution in [0.15, 0.2) is 34.9 Å². The van der Waals surface area contributed by atoms with Crippen LogP contribution in [0.25, 0.3) is 0 Å². The zero-order chi connectivity index (χ0) is 22.1. The van der Waals surface area contributed by atoms with E-state index in [1.807, 2.05) is 25.1 Å². The Morgan fingerprint density at radius 2 is 1.97 bits per heavy atom. The molecule has 0 spiro atoms. The number of H-pyrrole nitrogens is 1. The molecule has 0 aliphatic carbocycles. The third-order valence-corrected chi connectivity index (χ3v) is 6.66. The van der Waals surface area contributed by atoms with E-state index < -0.39 is 0 Å². The Balaban J connectivity index is 1.31. The Hall–Kier alpha value is -2.62. The SMILES string of the molecule is Cc1cc(C2CN(C3CCN(c4nnc(N)[nH]4)CC3)C(Cc3ccc(Cl)cc3)CO2)on1. The van der Waals surface area contributed by atoms with Crippen LogP contribution in [0, 0.1) is 6.92 Å². The molecular formula is C22H28ClN7O2. The topological polar surface area (TPSA) is 109 Å². The number of ether oxygens (including phenoxy) is 1. The monoisotopic (exact) mass is 457 g/mol. The third-order valence-electron chi connectivity index (χ3n) is 6.41. The Morgan fingerprint density at radius 1 is 1.19 bits per heavy atom. The van der Waals surface area contributed by atoms with Crippen molar-refractivity contribution in [2.75, 3.05) is 36.9 Å². The summed E-state index contributed by atoms with van der Waals surface area (Å²) in [6.45, 7) is 5.16. The van der Waals surface area contributed by atoms with Gasteiger partial charge in [-0.1, -0.05) is 28.9 Å². The van der Waals surface area contributed by atoms with Gasteiger partial charge in [0, 0.05) is 42.8 Å². The maximum Gasteiger partial charge on any atom is 0.226 e. The summed E-state index contributed by atoms with van der Waals surface area (Å²) in [6, 6.07) is 10.8. The highest BCUT2D eigenvalue weighted by atomic mass is 35.5. The lowest BCUT2D eigenvalue weighted by Gasteiger charge is -2.46. The molecule has 0 bridgehead atoms. The molecule has 9 nitrogen and oxygen atoms in total. The van der Waals surface area contributed by atoms with Crippen molar-refractivity contribution < 1.29 is 9.26 Å². The predicted octanol–water partition coefficient (Wildman–Crippen LogP) is 2.99. The smallest absolute Gasteiger partial charge is 0.226 e. The first-order valence-corrected chi connectivity index (χ1v) is 11.4. The lowest BCUT2D eigenvalue weighted by atomic mass is 9.96. The second-order valence-electron chi connectivity index (χ2n) is 8.63. The number of morpholine rings is 1. The molecule has 2 aliphatic rings. The summed E-state index contributed by atoms with van der Waals surface area (Å²) in [7, 11) is 0. The second-order valence-corrected chi connectivity index (χ2v) is 9.06. The molecule has 2 unspecified atom stereocenters. The van der Waals surface area contributed by atoms with Crippen molar-refractivity contribution in [3.05, 3.63) is 52.4 Å². The van der Waals surface area contributed by atoms with Gasteiger partial charge in [-0.25, -0.2) is 0 Å². The molecule has 3 N–H and O–H groups in total. The number of benzene rings is 1. The summed E-state index contributed by atoms with van der Waals surface area (Å²) in [5.74, 6) is 1.89. The number of aromatic amines is 1. The Bertz CT molecular complexity index is 1030. The van der Waals surface area contributed by atoms with Gasteiger partial charge in [0.25, 0.3) is 0 Å². The van der Waals surface area contributed by atoms with E-state index in [0.717, 1.165) is 61.3 Å². The molecule has 10 heteroatoms. The second kappa shape index (κ2) is 9.09. The van der Waals surface area contributed by atoms with Crippen molar-refractivity contribution in [1.82, 2.24) is 25.2 Å². The van der Waals surface area contributed by atoms with E-state index >= 15 is 0 Å². The minimum absolute atomic E-state index is 0.107. The van der Waals surface area contributed by atoms with Crippen LogP contribution in [-0.2, 0) is 11.2 Å². The summed E-state index contributed by atoms with van der Waals surface area (Å²) in [6.07, 6.45) is 2.86. The average molecular weight is 458 g/mol. The highest BCUT2D eigenvalue weighted by Crippen LogP contribution is 2.32. The van der Waals surface area contributed by atoms with Gasteiger partial charge >= 0.3 is 0 Å². The summed E-state index contributed by atoms with van der Waals surface area (Å²) >= 11 is 6.08. The number of halogens is 1. The molecule has 0 radical (unpaired) electrons. The van der Waals surface area contributed by atoms with Gasteiger partial charge in [0.15, 0.2) is 5.76 Å². The highest BCUT2D eigenvalue weighted by molar-refractivity contribution is 6.30. The normalized spacial score (nSPS) is 23.0. The van der Waals surface area contributed by atoms with Crippen molar-refractivity contribution in [3.63, 3.8) is 0 Å². The fourth-order valence-electron chi connectivity index (χ4n) is 4.76. The highest BCUT2D eigenvalue weighted by Gasteiger charge is 2.37. The van der Waals surface area contributed by atoms with Gasteiger partial charge in [0.05, 0.1) is 12.3 Å². The number of aryl methyl sites for hydroxylation is 1. The molecule has 4 heterocycles. The van der Waals surface area contributed by atoms with Gasteiger partial charge in [0.1, 0.15) is 6.10 Å². The third kappa shape index (κ3) is 4.60. The van der Waals surface area contributed by atoms with Crippen molar-refractivity contribution in [2.45, 2.75) is 44.4 Å². The summed E-state index contributed by atoms with van der Waals surface area (Å²) in [5.41, 5.74) is 7.84. The van der Waals surface area contributed by atoms with Crippen molar-refractivity contribution >= 4 is 23.5 Å². The lowest BCUT2D eigenvalue weighted by molar-refractivity contribution is -0.0923. The van der Waals surface area contributed by atoms with Gasteiger partial charge < -0.3 is 19.9 Å². The average Bonchev–Trinajstić information content (AvgIpc) is 3.44. The minimum atomic E-state index is -0.107. The first kappa shape index (κ1) is 21.2. The van der Waals surface area contributed by atoms with E-state index in [4.69, 9.17) is 26.6 Å². The van der Waals surface area contributed by atoms with Crippen LogP contribution in [0.4, 0.5) is 11.9 Å². The molecule has 0 amide bonds. The van der Waals surface area contributed by atoms with Crippen LogP contribution < -0.4 is 10.6 Å². The quantitative estimate of drug-likeness (QED) is 0.601. The van der Waals surface area contributed by atoms with E-state index in [-0.39, 0.29) is 12.1 Å². The van der Waals surface area contributed by atoms with Gasteiger partial charge in [-0.3, -0.25) is 9.88 Å². The molecule has 2 aromatic heterocycles. The van der Waals surface area contributed by atoms with Crippen LogP contribution in [0.5, 0.6) is 0 Å². The van der Waals surface area contributed by atoms with Crippen molar-refractivity contribution in [1.29, 1.82) is 0 Å². The number of hydrogen-bond donors (Lipinski definition) is 2. The van der Waals surface area contributed by atoms with E-state index in [1.54, 1.807) is 0 Å².